The average molecular weight is 420 g/mol. The Morgan fingerprint density at radius 3 is 2.32 bits per heavy atom. The summed E-state index contributed by atoms with van der Waals surface area (Å²) in [6, 6.07) is 14.3. The molecule has 2 atom stereocenters. The normalized spacial score (nSPS) is 24.9. The molecule has 2 aliphatic carbocycles. The summed E-state index contributed by atoms with van der Waals surface area (Å²) >= 11 is 0. The molecule has 7 nitrogen and oxygen atoms in total. The molecule has 2 aromatic carbocycles. The van der Waals surface area contributed by atoms with E-state index >= 15 is 0 Å². The number of fused-ring (bicyclic) bond motifs is 2. The number of non-ortho nitro benzene ring substituents is 1. The Balaban J connectivity index is 1.67. The number of carbonyl (C=O) groups excluding carboxylic acids is 2. The van der Waals surface area contributed by atoms with Gasteiger partial charge in [0.1, 0.15) is 0 Å². The van der Waals surface area contributed by atoms with Gasteiger partial charge in [-0.2, -0.15) is 5.06 Å². The van der Waals surface area contributed by atoms with Gasteiger partial charge in [0.2, 0.25) is 0 Å². The lowest BCUT2D eigenvalue weighted by Gasteiger charge is -2.31. The second-order valence-corrected chi connectivity index (χ2v) is 8.90. The summed E-state index contributed by atoms with van der Waals surface area (Å²) in [4.78, 5) is 42.0. The highest BCUT2D eigenvalue weighted by atomic mass is 16.7. The van der Waals surface area contributed by atoms with E-state index < -0.39 is 16.3 Å². The fraction of sp³-hybridized carbons (Fsp3) is 0.333. The molecule has 31 heavy (non-hydrogen) atoms. The van der Waals surface area contributed by atoms with E-state index in [9.17, 15) is 19.7 Å². The van der Waals surface area contributed by atoms with Crippen LogP contribution in [0.15, 0.2) is 66.4 Å². The summed E-state index contributed by atoms with van der Waals surface area (Å²) in [5.41, 5.74) is 0.746. The van der Waals surface area contributed by atoms with Crippen molar-refractivity contribution in [2.45, 2.75) is 33.6 Å². The molecule has 0 spiro atoms. The standard InChI is InChI=1S/C24H24N2O5/c1-23(2)20-13-14-24(23,3)21(27)19(20)15-25(17-7-5-4-6-8-17)31-22(28)16-9-11-18(12-10-16)26(29)30/h4-12,15,20H,13-14H2,1-3H3/t20-,24+/m1/s1. The van der Waals surface area contributed by atoms with E-state index in [1.54, 1.807) is 18.3 Å². The van der Waals surface area contributed by atoms with Crippen LogP contribution in [0.5, 0.6) is 0 Å². The van der Waals surface area contributed by atoms with Crippen molar-refractivity contribution in [3.8, 4) is 0 Å². The predicted octanol–water partition coefficient (Wildman–Crippen LogP) is 5.08. The molecule has 2 bridgehead atoms. The molecular formula is C24H24N2O5. The Morgan fingerprint density at radius 2 is 1.77 bits per heavy atom. The van der Waals surface area contributed by atoms with Gasteiger partial charge in [0.15, 0.2) is 5.78 Å². The number of benzene rings is 2. The summed E-state index contributed by atoms with van der Waals surface area (Å²) < 4.78 is 0. The van der Waals surface area contributed by atoms with Crippen LogP contribution in [0.2, 0.25) is 0 Å². The molecule has 4 rings (SSSR count). The van der Waals surface area contributed by atoms with Crippen LogP contribution in [0, 0.1) is 26.9 Å². The summed E-state index contributed by atoms with van der Waals surface area (Å²) in [6.07, 6.45) is 3.41. The molecule has 0 saturated heterocycles. The number of Topliss-reactive ketones (excluding diaryl/α,β-unsaturated/α-hetero) is 1. The number of anilines is 1. The van der Waals surface area contributed by atoms with E-state index in [0.717, 1.165) is 12.8 Å². The highest BCUT2D eigenvalue weighted by molar-refractivity contribution is 6.05. The third-order valence-corrected chi connectivity index (χ3v) is 7.13. The Hall–Kier alpha value is -3.48. The van der Waals surface area contributed by atoms with E-state index in [-0.39, 0.29) is 28.4 Å². The zero-order chi connectivity index (χ0) is 22.4. The van der Waals surface area contributed by atoms with Gasteiger partial charge in [0.05, 0.1) is 22.4 Å². The van der Waals surface area contributed by atoms with Crippen molar-refractivity contribution in [1.29, 1.82) is 0 Å². The van der Waals surface area contributed by atoms with E-state index in [1.807, 2.05) is 25.1 Å². The van der Waals surface area contributed by atoms with Crippen molar-refractivity contribution in [1.82, 2.24) is 0 Å². The van der Waals surface area contributed by atoms with Gasteiger partial charge in [0, 0.05) is 23.1 Å². The van der Waals surface area contributed by atoms with Crippen LogP contribution in [-0.2, 0) is 9.63 Å². The van der Waals surface area contributed by atoms with Crippen LogP contribution >= 0.6 is 0 Å². The Labute approximate surface area is 180 Å². The maximum Gasteiger partial charge on any atom is 0.363 e. The van der Waals surface area contributed by atoms with Crippen molar-refractivity contribution < 1.29 is 19.3 Å². The lowest BCUT2D eigenvalue weighted by Crippen LogP contribution is -2.32. The summed E-state index contributed by atoms with van der Waals surface area (Å²) in [5.74, 6) is -0.480. The minimum Gasteiger partial charge on any atom is -0.331 e. The fourth-order valence-electron chi connectivity index (χ4n) is 4.79. The van der Waals surface area contributed by atoms with Gasteiger partial charge >= 0.3 is 5.97 Å². The SMILES string of the molecule is CC1(C)[C@@H]2CC[C@@]1(C)C(=O)C2=CN(OC(=O)c1ccc([N+](=O)[O-])cc1)c1ccccc1. The molecule has 2 aliphatic rings. The predicted molar refractivity (Wildman–Crippen MR) is 115 cm³/mol. The number of para-hydroxylation sites is 1. The van der Waals surface area contributed by atoms with Crippen LogP contribution in [0.25, 0.3) is 0 Å². The number of nitro benzene ring substituents is 1. The van der Waals surface area contributed by atoms with Crippen LogP contribution < -0.4 is 5.06 Å². The second-order valence-electron chi connectivity index (χ2n) is 8.90. The number of nitro groups is 1. The smallest absolute Gasteiger partial charge is 0.331 e. The number of allylic oxidation sites excluding steroid dienone is 1. The molecule has 0 heterocycles. The number of rotatable bonds is 5. The van der Waals surface area contributed by atoms with Gasteiger partial charge in [-0.25, -0.2) is 4.79 Å². The van der Waals surface area contributed by atoms with E-state index in [1.165, 1.54) is 29.3 Å². The maximum absolute atomic E-state index is 13.2. The zero-order valence-electron chi connectivity index (χ0n) is 17.7. The van der Waals surface area contributed by atoms with Crippen molar-refractivity contribution in [3.05, 3.63) is 82.0 Å². The third-order valence-electron chi connectivity index (χ3n) is 7.13. The van der Waals surface area contributed by atoms with Crippen molar-refractivity contribution in [2.24, 2.45) is 16.7 Å². The van der Waals surface area contributed by atoms with Crippen LogP contribution in [0.3, 0.4) is 0 Å². The molecule has 0 radical (unpaired) electrons. The lowest BCUT2D eigenvalue weighted by molar-refractivity contribution is -0.384. The number of hydrogen-bond donors (Lipinski definition) is 0. The Morgan fingerprint density at radius 1 is 1.13 bits per heavy atom. The fourth-order valence-corrected chi connectivity index (χ4v) is 4.79. The first-order valence-electron chi connectivity index (χ1n) is 10.2. The molecule has 0 aliphatic heterocycles. The molecular weight excluding hydrogens is 396 g/mol. The van der Waals surface area contributed by atoms with Crippen molar-refractivity contribution in [2.75, 3.05) is 5.06 Å². The summed E-state index contributed by atoms with van der Waals surface area (Å²) in [6.45, 7) is 6.27. The van der Waals surface area contributed by atoms with Crippen LogP contribution in [-0.4, -0.2) is 16.7 Å². The van der Waals surface area contributed by atoms with E-state index in [0.29, 0.717) is 11.3 Å². The largest absolute Gasteiger partial charge is 0.363 e. The number of nitrogens with zero attached hydrogens (tertiary/aromatic N) is 2. The van der Waals surface area contributed by atoms with Crippen molar-refractivity contribution >= 4 is 23.1 Å². The van der Waals surface area contributed by atoms with Crippen LogP contribution in [0.4, 0.5) is 11.4 Å². The lowest BCUT2D eigenvalue weighted by atomic mass is 9.70. The number of hydrogen-bond acceptors (Lipinski definition) is 6. The first-order chi connectivity index (χ1) is 14.6. The molecule has 2 saturated carbocycles. The summed E-state index contributed by atoms with van der Waals surface area (Å²) in [5, 5.41) is 12.2. The minimum absolute atomic E-state index is 0.0919. The highest BCUT2D eigenvalue weighted by Crippen LogP contribution is 2.65. The second kappa shape index (κ2) is 7.34. The Bertz CT molecular complexity index is 1070. The maximum atomic E-state index is 13.2. The molecule has 0 unspecified atom stereocenters. The molecule has 0 aromatic heterocycles. The highest BCUT2D eigenvalue weighted by Gasteiger charge is 2.64. The minimum atomic E-state index is -0.670. The van der Waals surface area contributed by atoms with Crippen LogP contribution in [0.1, 0.15) is 44.0 Å². The number of carbonyl (C=O) groups is 2. The first kappa shape index (κ1) is 20.8. The average Bonchev–Trinajstić information content (AvgIpc) is 3.07. The first-order valence-corrected chi connectivity index (χ1v) is 10.2. The number of ketones is 1. The molecule has 7 heteroatoms. The molecule has 2 aromatic rings. The monoisotopic (exact) mass is 420 g/mol. The van der Waals surface area contributed by atoms with Crippen molar-refractivity contribution in [3.63, 3.8) is 0 Å². The molecule has 2 fully saturated rings. The quantitative estimate of drug-likeness (QED) is 0.381. The van der Waals surface area contributed by atoms with Gasteiger partial charge in [-0.05, 0) is 48.4 Å². The molecule has 160 valence electrons. The third kappa shape index (κ3) is 3.30. The topological polar surface area (TPSA) is 89.8 Å². The van der Waals surface area contributed by atoms with E-state index in [2.05, 4.69) is 13.8 Å². The zero-order valence-corrected chi connectivity index (χ0v) is 17.7. The summed E-state index contributed by atoms with van der Waals surface area (Å²) in [7, 11) is 0. The molecule has 0 amide bonds. The van der Waals surface area contributed by atoms with Gasteiger partial charge in [-0.3, -0.25) is 14.9 Å². The van der Waals surface area contributed by atoms with Gasteiger partial charge in [-0.1, -0.05) is 39.0 Å². The molecule has 0 N–H and O–H groups in total. The number of hydroxylamine groups is 1. The Kier molecular flexibility index (Phi) is 4.92. The van der Waals surface area contributed by atoms with E-state index in [4.69, 9.17) is 4.84 Å². The van der Waals surface area contributed by atoms with Gasteiger partial charge < -0.3 is 4.84 Å². The van der Waals surface area contributed by atoms with Gasteiger partial charge in [-0.15, -0.1) is 0 Å². The van der Waals surface area contributed by atoms with Gasteiger partial charge in [0.25, 0.3) is 5.69 Å².